The van der Waals surface area contributed by atoms with Gasteiger partial charge in [-0.05, 0) is 18.2 Å². The van der Waals surface area contributed by atoms with E-state index in [9.17, 15) is 13.2 Å². The van der Waals surface area contributed by atoms with Gasteiger partial charge in [0, 0.05) is 33.8 Å². The lowest BCUT2D eigenvalue weighted by atomic mass is 10.2. The summed E-state index contributed by atoms with van der Waals surface area (Å²) in [6.45, 7) is 1.96. The van der Waals surface area contributed by atoms with Gasteiger partial charge in [-0.2, -0.15) is 0 Å². The summed E-state index contributed by atoms with van der Waals surface area (Å²) < 4.78 is 28.3. The molecule has 0 unspecified atom stereocenters. The summed E-state index contributed by atoms with van der Waals surface area (Å²) in [5, 5.41) is 0. The van der Waals surface area contributed by atoms with Crippen LogP contribution in [0.2, 0.25) is 0 Å². The Kier molecular flexibility index (Phi) is 4.50. The van der Waals surface area contributed by atoms with Gasteiger partial charge in [0.25, 0.3) is 15.0 Å². The third-order valence-electron chi connectivity index (χ3n) is 2.70. The van der Waals surface area contributed by atoms with Crippen LogP contribution in [0.4, 0.5) is 0 Å². The van der Waals surface area contributed by atoms with Crippen molar-refractivity contribution in [2.24, 2.45) is 0 Å². The molecule has 0 atom stereocenters. The van der Waals surface area contributed by atoms with Gasteiger partial charge in [0.1, 0.15) is 0 Å². The van der Waals surface area contributed by atoms with E-state index in [2.05, 4.69) is 15.9 Å². The molecule has 1 fully saturated rings. The van der Waals surface area contributed by atoms with E-state index in [4.69, 9.17) is 15.4 Å². The van der Waals surface area contributed by atoms with Crippen molar-refractivity contribution in [2.45, 2.75) is 4.90 Å². The van der Waals surface area contributed by atoms with Gasteiger partial charge in [0.05, 0.1) is 18.1 Å². The van der Waals surface area contributed by atoms with Crippen LogP contribution in [-0.2, 0) is 13.8 Å². The molecule has 5 nitrogen and oxygen atoms in total. The third kappa shape index (κ3) is 3.68. The van der Waals surface area contributed by atoms with Crippen LogP contribution in [0, 0.1) is 0 Å². The Bertz CT molecular complexity index is 599. The molecule has 0 radical (unpaired) electrons. The quantitative estimate of drug-likeness (QED) is 0.747. The van der Waals surface area contributed by atoms with Crippen LogP contribution in [0.25, 0.3) is 0 Å². The van der Waals surface area contributed by atoms with E-state index >= 15 is 0 Å². The molecule has 1 aromatic rings. The van der Waals surface area contributed by atoms with Gasteiger partial charge in [-0.1, -0.05) is 15.9 Å². The summed E-state index contributed by atoms with van der Waals surface area (Å²) in [6.07, 6.45) is 0. The van der Waals surface area contributed by atoms with Gasteiger partial charge >= 0.3 is 0 Å². The fourth-order valence-corrected chi connectivity index (χ4v) is 3.22. The Morgan fingerprint density at radius 1 is 1.26 bits per heavy atom. The Labute approximate surface area is 124 Å². The van der Waals surface area contributed by atoms with E-state index in [0.717, 1.165) is 0 Å². The molecular weight excluding hydrogens is 358 g/mol. The third-order valence-corrected chi connectivity index (χ3v) is 4.49. The number of carbonyl (C=O) groups excluding carboxylic acids is 1. The highest BCUT2D eigenvalue weighted by molar-refractivity contribution is 9.10. The molecule has 1 aliphatic heterocycles. The largest absolute Gasteiger partial charge is 0.378 e. The first kappa shape index (κ1) is 14.8. The van der Waals surface area contributed by atoms with Crippen LogP contribution in [0.15, 0.2) is 27.6 Å². The van der Waals surface area contributed by atoms with Gasteiger partial charge in [0.2, 0.25) is 0 Å². The number of ether oxygens (including phenoxy) is 1. The average Bonchev–Trinajstić information content (AvgIpc) is 2.37. The van der Waals surface area contributed by atoms with Gasteiger partial charge in [-0.15, -0.1) is 0 Å². The minimum absolute atomic E-state index is 0.0971. The number of halogens is 2. The van der Waals surface area contributed by atoms with Gasteiger partial charge < -0.3 is 9.64 Å². The van der Waals surface area contributed by atoms with Crippen molar-refractivity contribution in [3.63, 3.8) is 0 Å². The van der Waals surface area contributed by atoms with Crippen molar-refractivity contribution in [2.75, 3.05) is 26.3 Å². The zero-order valence-electron chi connectivity index (χ0n) is 9.80. The predicted octanol–water partition coefficient (Wildman–Crippen LogP) is 1.85. The Hall–Kier alpha value is -0.630. The van der Waals surface area contributed by atoms with Gasteiger partial charge in [0.15, 0.2) is 0 Å². The van der Waals surface area contributed by atoms with E-state index < -0.39 is 9.05 Å². The minimum atomic E-state index is -3.87. The molecule has 1 heterocycles. The Morgan fingerprint density at radius 2 is 1.89 bits per heavy atom. The predicted molar refractivity (Wildman–Crippen MR) is 73.9 cm³/mol. The number of benzene rings is 1. The molecule has 1 aliphatic rings. The highest BCUT2D eigenvalue weighted by Crippen LogP contribution is 2.23. The Morgan fingerprint density at radius 3 is 2.47 bits per heavy atom. The van der Waals surface area contributed by atoms with Crippen LogP contribution in [0.5, 0.6) is 0 Å². The van der Waals surface area contributed by atoms with E-state index in [1.54, 1.807) is 11.0 Å². The number of carbonyl (C=O) groups is 1. The van der Waals surface area contributed by atoms with E-state index in [1.807, 2.05) is 0 Å². The van der Waals surface area contributed by atoms with Crippen molar-refractivity contribution in [1.29, 1.82) is 0 Å². The van der Waals surface area contributed by atoms with Crippen LogP contribution in [0.3, 0.4) is 0 Å². The lowest BCUT2D eigenvalue weighted by Gasteiger charge is -2.27. The van der Waals surface area contributed by atoms with E-state index in [-0.39, 0.29) is 16.4 Å². The fourth-order valence-electron chi connectivity index (χ4n) is 1.78. The second kappa shape index (κ2) is 5.78. The highest BCUT2D eigenvalue weighted by Gasteiger charge is 2.21. The molecule has 0 saturated carbocycles. The van der Waals surface area contributed by atoms with Crippen LogP contribution in [-0.4, -0.2) is 45.5 Å². The van der Waals surface area contributed by atoms with Gasteiger partial charge in [-0.3, -0.25) is 4.79 Å². The smallest absolute Gasteiger partial charge is 0.261 e. The summed E-state index contributed by atoms with van der Waals surface area (Å²) in [7, 11) is 1.43. The second-order valence-electron chi connectivity index (χ2n) is 4.02. The van der Waals surface area contributed by atoms with Gasteiger partial charge in [-0.25, -0.2) is 8.42 Å². The molecule has 1 aromatic carbocycles. The summed E-state index contributed by atoms with van der Waals surface area (Å²) in [4.78, 5) is 13.8. The first-order valence-electron chi connectivity index (χ1n) is 5.50. The highest BCUT2D eigenvalue weighted by atomic mass is 79.9. The normalized spacial score (nSPS) is 16.4. The van der Waals surface area contributed by atoms with Crippen LogP contribution < -0.4 is 0 Å². The van der Waals surface area contributed by atoms with E-state index in [0.29, 0.717) is 30.8 Å². The number of amides is 1. The van der Waals surface area contributed by atoms with Crippen LogP contribution >= 0.6 is 26.6 Å². The number of hydrogen-bond acceptors (Lipinski definition) is 4. The van der Waals surface area contributed by atoms with Crippen molar-refractivity contribution in [1.82, 2.24) is 4.90 Å². The fraction of sp³-hybridized carbons (Fsp3) is 0.364. The SMILES string of the molecule is O=C(c1cc(Br)cc(S(=O)(=O)Cl)c1)N1CCOCC1. The summed E-state index contributed by atoms with van der Waals surface area (Å²) in [5.74, 6) is -0.230. The molecule has 2 rings (SSSR count). The minimum Gasteiger partial charge on any atom is -0.378 e. The molecule has 104 valence electrons. The average molecular weight is 369 g/mol. The first-order valence-corrected chi connectivity index (χ1v) is 8.60. The molecule has 0 bridgehead atoms. The topological polar surface area (TPSA) is 63.7 Å². The molecule has 1 amide bonds. The summed E-state index contributed by atoms with van der Waals surface area (Å²) in [5.41, 5.74) is 0.288. The maximum atomic E-state index is 12.2. The molecular formula is C11H11BrClNO4S. The molecule has 19 heavy (non-hydrogen) atoms. The lowest BCUT2D eigenvalue weighted by molar-refractivity contribution is 0.0302. The van der Waals surface area contributed by atoms with Crippen LogP contribution in [0.1, 0.15) is 10.4 Å². The summed E-state index contributed by atoms with van der Waals surface area (Å²) >= 11 is 3.18. The maximum absolute atomic E-state index is 12.2. The molecule has 0 N–H and O–H groups in total. The molecule has 0 spiro atoms. The number of rotatable bonds is 2. The zero-order chi connectivity index (χ0) is 14.0. The lowest BCUT2D eigenvalue weighted by Crippen LogP contribution is -2.40. The first-order chi connectivity index (χ1) is 8.88. The van der Waals surface area contributed by atoms with Crippen molar-refractivity contribution >= 4 is 41.6 Å². The summed E-state index contributed by atoms with van der Waals surface area (Å²) in [6, 6.07) is 4.21. The molecule has 1 saturated heterocycles. The second-order valence-corrected chi connectivity index (χ2v) is 7.50. The van der Waals surface area contributed by atoms with Crippen molar-refractivity contribution in [3.05, 3.63) is 28.2 Å². The van der Waals surface area contributed by atoms with E-state index in [1.165, 1.54) is 12.1 Å². The Balaban J connectivity index is 2.34. The van der Waals surface area contributed by atoms with Crippen molar-refractivity contribution < 1.29 is 17.9 Å². The molecule has 0 aromatic heterocycles. The zero-order valence-corrected chi connectivity index (χ0v) is 13.0. The molecule has 0 aliphatic carbocycles. The molecule has 8 heteroatoms. The number of nitrogens with zero attached hydrogens (tertiary/aromatic N) is 1. The number of hydrogen-bond donors (Lipinski definition) is 0. The van der Waals surface area contributed by atoms with Crippen molar-refractivity contribution in [3.8, 4) is 0 Å². The maximum Gasteiger partial charge on any atom is 0.261 e. The number of morpholine rings is 1. The monoisotopic (exact) mass is 367 g/mol. The standard InChI is InChI=1S/C11H11BrClNO4S/c12-9-5-8(6-10(7-9)19(13,16)17)11(15)14-1-3-18-4-2-14/h5-7H,1-4H2.